The first-order valence-corrected chi connectivity index (χ1v) is 15.5. The third-order valence-corrected chi connectivity index (χ3v) is 13.1. The van der Waals surface area contributed by atoms with Crippen molar-refractivity contribution in [1.82, 2.24) is 0 Å². The number of hydrogen-bond acceptors (Lipinski definition) is 1. The number of rotatable bonds is 6. The van der Waals surface area contributed by atoms with Crippen LogP contribution in [-0.2, 0) is 9.78 Å². The summed E-state index contributed by atoms with van der Waals surface area (Å²) in [5.74, 6) is 0.782. The molecule has 3 aromatic rings. The second-order valence-corrected chi connectivity index (χ2v) is 15.2. The van der Waals surface area contributed by atoms with Gasteiger partial charge in [-0.15, -0.1) is 0 Å². The van der Waals surface area contributed by atoms with Crippen molar-refractivity contribution in [2.75, 3.05) is 0 Å². The molecule has 1 aliphatic carbocycles. The van der Waals surface area contributed by atoms with E-state index < -0.39 is 8.07 Å². The van der Waals surface area contributed by atoms with Crippen LogP contribution in [0.1, 0.15) is 55.2 Å². The molecule has 1 saturated carbocycles. The molecule has 1 nitrogen and oxygen atoms in total. The molecular formula is C30H36OSi. The van der Waals surface area contributed by atoms with E-state index >= 15 is 0 Å². The second kappa shape index (κ2) is 9.00. The SMILES string of the molecule is C[Si](C)([C@H]1C[C@@H](C2CCCCC2)O1)C(c1ccccc1)(c1ccccc1)c1ccccc1. The Kier molecular flexibility index (Phi) is 6.09. The van der Waals surface area contributed by atoms with Crippen molar-refractivity contribution >= 4 is 8.07 Å². The average Bonchev–Trinajstić information content (AvgIpc) is 2.81. The minimum absolute atomic E-state index is 0.154. The first-order chi connectivity index (χ1) is 15.6. The largest absolute Gasteiger partial charge is 0.378 e. The van der Waals surface area contributed by atoms with E-state index in [0.717, 1.165) is 5.92 Å². The van der Waals surface area contributed by atoms with E-state index in [1.807, 2.05) is 0 Å². The minimum Gasteiger partial charge on any atom is -0.378 e. The smallest absolute Gasteiger partial charge is 0.103 e. The van der Waals surface area contributed by atoms with Gasteiger partial charge in [0.2, 0.25) is 0 Å². The molecule has 2 fully saturated rings. The summed E-state index contributed by atoms with van der Waals surface area (Å²) in [5.41, 5.74) is 4.58. The van der Waals surface area contributed by atoms with Crippen LogP contribution in [0.4, 0.5) is 0 Å². The van der Waals surface area contributed by atoms with Gasteiger partial charge >= 0.3 is 0 Å². The maximum atomic E-state index is 6.88. The van der Waals surface area contributed by atoms with E-state index in [4.69, 9.17) is 4.74 Å². The van der Waals surface area contributed by atoms with E-state index in [-0.39, 0.29) is 5.04 Å². The van der Waals surface area contributed by atoms with Crippen LogP contribution in [-0.4, -0.2) is 19.9 Å². The molecule has 32 heavy (non-hydrogen) atoms. The minimum atomic E-state index is -2.05. The van der Waals surface area contributed by atoms with Gasteiger partial charge in [-0.1, -0.05) is 123 Å². The van der Waals surface area contributed by atoms with Crippen LogP contribution in [0.25, 0.3) is 0 Å². The van der Waals surface area contributed by atoms with Crippen LogP contribution >= 0.6 is 0 Å². The summed E-state index contributed by atoms with van der Waals surface area (Å²) in [7, 11) is -2.05. The summed E-state index contributed by atoms with van der Waals surface area (Å²) in [4.78, 5) is 0. The van der Waals surface area contributed by atoms with Crippen molar-refractivity contribution in [3.05, 3.63) is 108 Å². The van der Waals surface area contributed by atoms with E-state index in [0.29, 0.717) is 11.8 Å². The Bertz CT molecular complexity index is 890. The van der Waals surface area contributed by atoms with Crippen molar-refractivity contribution in [3.63, 3.8) is 0 Å². The van der Waals surface area contributed by atoms with Crippen LogP contribution in [0.15, 0.2) is 91.0 Å². The zero-order chi connectivity index (χ0) is 22.0. The van der Waals surface area contributed by atoms with Crippen LogP contribution < -0.4 is 0 Å². The molecule has 0 spiro atoms. The van der Waals surface area contributed by atoms with E-state index in [1.165, 1.54) is 55.2 Å². The number of hydrogen-bond donors (Lipinski definition) is 0. The monoisotopic (exact) mass is 440 g/mol. The highest BCUT2D eigenvalue weighted by molar-refractivity contribution is 6.83. The summed E-state index contributed by atoms with van der Waals surface area (Å²) < 4.78 is 6.88. The third kappa shape index (κ3) is 3.58. The van der Waals surface area contributed by atoms with Gasteiger partial charge in [-0.2, -0.15) is 0 Å². The van der Waals surface area contributed by atoms with Crippen molar-refractivity contribution in [3.8, 4) is 0 Å². The van der Waals surface area contributed by atoms with Crippen molar-refractivity contribution < 1.29 is 4.74 Å². The first-order valence-electron chi connectivity index (χ1n) is 12.5. The normalized spacial score (nSPS) is 22.3. The summed E-state index contributed by atoms with van der Waals surface area (Å²) in [6.45, 7) is 5.14. The fourth-order valence-electron chi connectivity index (χ4n) is 6.61. The second-order valence-electron chi connectivity index (χ2n) is 10.4. The summed E-state index contributed by atoms with van der Waals surface area (Å²) in [6.07, 6.45) is 8.62. The predicted octanol–water partition coefficient (Wildman–Crippen LogP) is 7.55. The number of ether oxygens (including phenoxy) is 1. The molecule has 5 rings (SSSR count). The van der Waals surface area contributed by atoms with Gasteiger partial charge in [0.15, 0.2) is 0 Å². The molecule has 0 radical (unpaired) electrons. The van der Waals surface area contributed by atoms with Gasteiger partial charge in [-0.05, 0) is 41.9 Å². The van der Waals surface area contributed by atoms with E-state index in [9.17, 15) is 0 Å². The third-order valence-electron chi connectivity index (χ3n) is 8.35. The Morgan fingerprint density at radius 1 is 0.656 bits per heavy atom. The molecule has 1 aliphatic heterocycles. The summed E-state index contributed by atoms with van der Waals surface area (Å²) >= 11 is 0. The summed E-state index contributed by atoms with van der Waals surface area (Å²) in [5, 5.41) is -0.154. The maximum absolute atomic E-state index is 6.88. The molecule has 0 unspecified atom stereocenters. The van der Waals surface area contributed by atoms with Crippen LogP contribution in [0.3, 0.4) is 0 Å². The molecule has 0 bridgehead atoms. The topological polar surface area (TPSA) is 9.23 Å². The maximum Gasteiger partial charge on any atom is 0.103 e. The Morgan fingerprint density at radius 2 is 1.06 bits per heavy atom. The highest BCUT2D eigenvalue weighted by Crippen LogP contribution is 2.51. The highest BCUT2D eigenvalue weighted by atomic mass is 28.3. The zero-order valence-electron chi connectivity index (χ0n) is 19.5. The lowest BCUT2D eigenvalue weighted by atomic mass is 9.82. The lowest BCUT2D eigenvalue weighted by molar-refractivity contribution is -0.122. The highest BCUT2D eigenvalue weighted by Gasteiger charge is 2.58. The number of benzene rings is 3. The standard InChI is InChI=1S/C30H36OSi/c1-32(2,29-23-28(31-29)24-15-7-3-8-16-24)30(25-17-9-4-10-18-25,26-19-11-5-12-20-26)27-21-13-6-14-22-27/h4-6,9-14,17-22,24,28-29H,3,7-8,15-16,23H2,1-2H3/t28-,29-/m0/s1. The molecular weight excluding hydrogens is 404 g/mol. The van der Waals surface area contributed by atoms with Gasteiger partial charge in [0.05, 0.1) is 11.8 Å². The molecule has 0 N–H and O–H groups in total. The van der Waals surface area contributed by atoms with Gasteiger partial charge in [-0.25, -0.2) is 0 Å². The molecule has 0 aromatic heterocycles. The Morgan fingerprint density at radius 3 is 1.47 bits per heavy atom. The Balaban J connectivity index is 1.61. The lowest BCUT2D eigenvalue weighted by Gasteiger charge is -2.56. The Hall–Kier alpha value is -2.16. The Labute approximate surface area is 194 Å². The quantitative estimate of drug-likeness (QED) is 0.284. The summed E-state index contributed by atoms with van der Waals surface area (Å²) in [6, 6.07) is 33.7. The van der Waals surface area contributed by atoms with Gasteiger partial charge in [0.1, 0.15) is 8.07 Å². The van der Waals surface area contributed by atoms with Crippen LogP contribution in [0.5, 0.6) is 0 Å². The molecule has 2 atom stereocenters. The van der Waals surface area contributed by atoms with Crippen molar-refractivity contribution in [1.29, 1.82) is 0 Å². The molecule has 2 aliphatic rings. The van der Waals surface area contributed by atoms with E-state index in [1.54, 1.807) is 0 Å². The fraction of sp³-hybridized carbons (Fsp3) is 0.400. The lowest BCUT2D eigenvalue weighted by Crippen LogP contribution is -2.67. The van der Waals surface area contributed by atoms with Gasteiger partial charge in [-0.3, -0.25) is 0 Å². The molecule has 3 aromatic carbocycles. The van der Waals surface area contributed by atoms with Crippen molar-refractivity contribution in [2.24, 2.45) is 5.92 Å². The molecule has 1 saturated heterocycles. The predicted molar refractivity (Wildman–Crippen MR) is 137 cm³/mol. The van der Waals surface area contributed by atoms with Crippen molar-refractivity contribution in [2.45, 2.75) is 68.5 Å². The van der Waals surface area contributed by atoms with Gasteiger partial charge in [0.25, 0.3) is 0 Å². The molecule has 0 amide bonds. The molecule has 2 heteroatoms. The average molecular weight is 441 g/mol. The van der Waals surface area contributed by atoms with Gasteiger partial charge < -0.3 is 4.74 Å². The van der Waals surface area contributed by atoms with E-state index in [2.05, 4.69) is 104 Å². The molecule has 166 valence electrons. The zero-order valence-corrected chi connectivity index (χ0v) is 20.5. The van der Waals surface area contributed by atoms with Crippen LogP contribution in [0.2, 0.25) is 13.1 Å². The first kappa shape index (κ1) is 21.7. The van der Waals surface area contributed by atoms with Crippen LogP contribution in [0, 0.1) is 5.92 Å². The van der Waals surface area contributed by atoms with Gasteiger partial charge in [0, 0.05) is 5.04 Å². The fourth-order valence-corrected chi connectivity index (χ4v) is 11.2. The molecule has 1 heterocycles.